The number of hydrogen-bond donors (Lipinski definition) is 0. The van der Waals surface area contributed by atoms with Crippen LogP contribution < -0.4 is 0 Å². The van der Waals surface area contributed by atoms with Crippen molar-refractivity contribution in [1.29, 1.82) is 0 Å². The van der Waals surface area contributed by atoms with Crippen molar-refractivity contribution < 1.29 is 13.2 Å². The molecule has 0 N–H and O–H groups in total. The Morgan fingerprint density at radius 2 is 1.57 bits per heavy atom. The van der Waals surface area contributed by atoms with E-state index < -0.39 is 17.5 Å². The zero-order valence-corrected chi connectivity index (χ0v) is 8.28. The molecular weight excluding hydrogens is 189 g/mol. The van der Waals surface area contributed by atoms with Crippen molar-refractivity contribution in [2.45, 2.75) is 26.7 Å². The van der Waals surface area contributed by atoms with Gasteiger partial charge in [-0.15, -0.1) is 0 Å². The van der Waals surface area contributed by atoms with Crippen LogP contribution in [0.5, 0.6) is 0 Å². The summed E-state index contributed by atoms with van der Waals surface area (Å²) in [6.07, 6.45) is 1.01. The molecule has 0 spiro atoms. The maximum absolute atomic E-state index is 13.1. The Balaban J connectivity index is 2.86. The first-order valence-electron chi connectivity index (χ1n) is 4.64. The molecule has 0 unspecified atom stereocenters. The van der Waals surface area contributed by atoms with Crippen molar-refractivity contribution in [3.05, 3.63) is 35.1 Å². The molecule has 0 heterocycles. The van der Waals surface area contributed by atoms with Gasteiger partial charge in [0.25, 0.3) is 0 Å². The van der Waals surface area contributed by atoms with Gasteiger partial charge in [0.15, 0.2) is 0 Å². The van der Waals surface area contributed by atoms with Gasteiger partial charge in [-0.3, -0.25) is 0 Å². The van der Waals surface area contributed by atoms with Gasteiger partial charge in [0.05, 0.1) is 0 Å². The van der Waals surface area contributed by atoms with Gasteiger partial charge in [-0.2, -0.15) is 0 Å². The molecule has 0 aliphatic carbocycles. The van der Waals surface area contributed by atoms with Gasteiger partial charge in [-0.1, -0.05) is 13.8 Å². The SMILES string of the molecule is CC(C)CCc1c(F)cc(F)cc1F. The van der Waals surface area contributed by atoms with E-state index in [9.17, 15) is 13.2 Å². The number of rotatable bonds is 3. The lowest BCUT2D eigenvalue weighted by Crippen LogP contribution is -2.00. The van der Waals surface area contributed by atoms with Crippen LogP contribution in [0.2, 0.25) is 0 Å². The van der Waals surface area contributed by atoms with Crippen LogP contribution in [0.25, 0.3) is 0 Å². The molecule has 0 saturated carbocycles. The van der Waals surface area contributed by atoms with E-state index in [0.29, 0.717) is 18.8 Å². The number of hydrogen-bond acceptors (Lipinski definition) is 0. The van der Waals surface area contributed by atoms with E-state index in [1.54, 1.807) is 0 Å². The van der Waals surface area contributed by atoms with Crippen LogP contribution >= 0.6 is 0 Å². The van der Waals surface area contributed by atoms with Crippen LogP contribution in [0.4, 0.5) is 13.2 Å². The summed E-state index contributed by atoms with van der Waals surface area (Å²) in [7, 11) is 0. The zero-order chi connectivity index (χ0) is 10.7. The Morgan fingerprint density at radius 1 is 1.07 bits per heavy atom. The van der Waals surface area contributed by atoms with Crippen LogP contribution in [0, 0.1) is 23.4 Å². The van der Waals surface area contributed by atoms with Gasteiger partial charge in [0.1, 0.15) is 17.5 Å². The molecule has 1 aromatic carbocycles. The molecule has 1 rings (SSSR count). The smallest absolute Gasteiger partial charge is 0.132 e. The first kappa shape index (κ1) is 11.1. The quantitative estimate of drug-likeness (QED) is 0.701. The highest BCUT2D eigenvalue weighted by Gasteiger charge is 2.11. The Kier molecular flexibility index (Phi) is 3.55. The predicted molar refractivity (Wildman–Crippen MR) is 49.5 cm³/mol. The highest BCUT2D eigenvalue weighted by Crippen LogP contribution is 2.18. The Hall–Kier alpha value is -0.990. The standard InChI is InChI=1S/C11H13F3/c1-7(2)3-4-9-10(13)5-8(12)6-11(9)14/h5-7H,3-4H2,1-2H3. The second-order valence-corrected chi connectivity index (χ2v) is 3.78. The highest BCUT2D eigenvalue weighted by molar-refractivity contribution is 5.20. The molecule has 0 aliphatic rings. The lowest BCUT2D eigenvalue weighted by molar-refractivity contribution is 0.503. The third kappa shape index (κ3) is 2.76. The van der Waals surface area contributed by atoms with E-state index in [0.717, 1.165) is 12.1 Å². The Morgan fingerprint density at radius 3 is 2.00 bits per heavy atom. The summed E-state index contributed by atoms with van der Waals surface area (Å²) in [6.45, 7) is 3.94. The lowest BCUT2D eigenvalue weighted by atomic mass is 10.0. The molecule has 0 radical (unpaired) electrons. The summed E-state index contributed by atoms with van der Waals surface area (Å²) in [6, 6.07) is 1.44. The molecule has 0 saturated heterocycles. The third-order valence-electron chi connectivity index (χ3n) is 2.08. The van der Waals surface area contributed by atoms with Crippen molar-refractivity contribution in [2.75, 3.05) is 0 Å². The average Bonchev–Trinajstić information content (AvgIpc) is 2.01. The molecule has 0 atom stereocenters. The van der Waals surface area contributed by atoms with Crippen molar-refractivity contribution in [3.63, 3.8) is 0 Å². The van der Waals surface area contributed by atoms with Crippen LogP contribution in [0.3, 0.4) is 0 Å². The summed E-state index contributed by atoms with van der Waals surface area (Å²) in [5.41, 5.74) is -0.0138. The fourth-order valence-corrected chi connectivity index (χ4v) is 1.24. The second-order valence-electron chi connectivity index (χ2n) is 3.78. The van der Waals surface area contributed by atoms with Gasteiger partial charge in [0.2, 0.25) is 0 Å². The molecule has 0 aliphatic heterocycles. The van der Waals surface area contributed by atoms with Crippen molar-refractivity contribution in [3.8, 4) is 0 Å². The van der Waals surface area contributed by atoms with Gasteiger partial charge < -0.3 is 0 Å². The van der Waals surface area contributed by atoms with Crippen LogP contribution in [0.15, 0.2) is 12.1 Å². The van der Waals surface area contributed by atoms with E-state index in [1.165, 1.54) is 0 Å². The van der Waals surface area contributed by atoms with Crippen molar-refractivity contribution in [2.24, 2.45) is 5.92 Å². The van der Waals surface area contributed by atoms with Gasteiger partial charge >= 0.3 is 0 Å². The van der Waals surface area contributed by atoms with Crippen molar-refractivity contribution in [1.82, 2.24) is 0 Å². The summed E-state index contributed by atoms with van der Waals surface area (Å²) < 4.78 is 38.7. The topological polar surface area (TPSA) is 0 Å². The van der Waals surface area contributed by atoms with Gasteiger partial charge in [-0.25, -0.2) is 13.2 Å². The highest BCUT2D eigenvalue weighted by atomic mass is 19.1. The van der Waals surface area contributed by atoms with Gasteiger partial charge in [0, 0.05) is 17.7 Å². The average molecular weight is 202 g/mol. The molecule has 0 amide bonds. The third-order valence-corrected chi connectivity index (χ3v) is 2.08. The second kappa shape index (κ2) is 4.49. The minimum absolute atomic E-state index is 0.0138. The molecule has 0 fully saturated rings. The molecule has 78 valence electrons. The largest absolute Gasteiger partial charge is 0.207 e. The lowest BCUT2D eigenvalue weighted by Gasteiger charge is -2.07. The summed E-state index contributed by atoms with van der Waals surface area (Å²) >= 11 is 0. The number of halogens is 3. The molecule has 1 aromatic rings. The van der Waals surface area contributed by atoms with Crippen molar-refractivity contribution >= 4 is 0 Å². The maximum atomic E-state index is 13.1. The summed E-state index contributed by atoms with van der Waals surface area (Å²) in [5, 5.41) is 0. The van der Waals surface area contributed by atoms with E-state index in [-0.39, 0.29) is 5.56 Å². The van der Waals surface area contributed by atoms with Crippen LogP contribution in [0.1, 0.15) is 25.8 Å². The maximum Gasteiger partial charge on any atom is 0.132 e. The molecule has 0 bridgehead atoms. The first-order chi connectivity index (χ1) is 6.50. The van der Waals surface area contributed by atoms with E-state index in [1.807, 2.05) is 13.8 Å². The molecule has 0 aromatic heterocycles. The normalized spacial score (nSPS) is 11.0. The molecule has 0 nitrogen and oxygen atoms in total. The minimum Gasteiger partial charge on any atom is -0.207 e. The Bertz CT molecular complexity index is 295. The van der Waals surface area contributed by atoms with Crippen LogP contribution in [-0.4, -0.2) is 0 Å². The zero-order valence-electron chi connectivity index (χ0n) is 8.28. The fraction of sp³-hybridized carbons (Fsp3) is 0.455. The van der Waals surface area contributed by atoms with Gasteiger partial charge in [-0.05, 0) is 18.8 Å². The number of benzene rings is 1. The fourth-order valence-electron chi connectivity index (χ4n) is 1.24. The van der Waals surface area contributed by atoms with E-state index in [4.69, 9.17) is 0 Å². The monoisotopic (exact) mass is 202 g/mol. The molecular formula is C11H13F3. The Labute approximate surface area is 81.8 Å². The minimum atomic E-state index is -0.867. The predicted octanol–water partition coefficient (Wildman–Crippen LogP) is 3.69. The van der Waals surface area contributed by atoms with E-state index in [2.05, 4.69) is 0 Å². The summed E-state index contributed by atoms with van der Waals surface area (Å²) in [4.78, 5) is 0. The van der Waals surface area contributed by atoms with E-state index >= 15 is 0 Å². The summed E-state index contributed by atoms with van der Waals surface area (Å²) in [5.74, 6) is -2.07. The molecule has 14 heavy (non-hydrogen) atoms. The molecule has 3 heteroatoms. The first-order valence-corrected chi connectivity index (χ1v) is 4.64. The van der Waals surface area contributed by atoms with Crippen LogP contribution in [-0.2, 0) is 6.42 Å².